The van der Waals surface area contributed by atoms with E-state index in [1.807, 2.05) is 60.7 Å². The van der Waals surface area contributed by atoms with Gasteiger partial charge in [0, 0.05) is 0 Å². The molecule has 3 aliphatic rings. The number of carbonyl (C=O) groups excluding carboxylic acids is 3. The molecule has 2 aliphatic carbocycles. The molecule has 0 aromatic heterocycles. The average Bonchev–Trinajstić information content (AvgIpc) is 3.34. The predicted octanol–water partition coefficient (Wildman–Crippen LogP) is 6.03. The molecule has 1 heterocycles. The summed E-state index contributed by atoms with van der Waals surface area (Å²) >= 11 is 0. The Morgan fingerprint density at radius 3 is 1.57 bits per heavy atom. The van der Waals surface area contributed by atoms with Gasteiger partial charge in [0.25, 0.3) is 0 Å². The number of rotatable bonds is 3. The lowest BCUT2D eigenvalue weighted by Crippen LogP contribution is -2.40. The average molecular weight is 502 g/mol. The van der Waals surface area contributed by atoms with Gasteiger partial charge < -0.3 is 0 Å². The third-order valence-electron chi connectivity index (χ3n) is 8.34. The van der Waals surface area contributed by atoms with Crippen LogP contribution < -0.4 is 4.90 Å². The number of alkyl halides is 3. The molecule has 1 saturated heterocycles. The van der Waals surface area contributed by atoms with Gasteiger partial charge in [0.05, 0.1) is 33.9 Å². The van der Waals surface area contributed by atoms with E-state index in [9.17, 15) is 27.6 Å². The number of amides is 2. The first-order chi connectivity index (χ1) is 17.5. The molecule has 4 nitrogen and oxygen atoms in total. The van der Waals surface area contributed by atoms with E-state index in [1.54, 1.807) is 13.8 Å². The van der Waals surface area contributed by atoms with Crippen molar-refractivity contribution in [3.8, 4) is 0 Å². The third-order valence-corrected chi connectivity index (χ3v) is 8.34. The van der Waals surface area contributed by atoms with Crippen LogP contribution in [0.25, 0.3) is 11.1 Å². The van der Waals surface area contributed by atoms with Gasteiger partial charge in [-0.2, -0.15) is 13.2 Å². The van der Waals surface area contributed by atoms with Crippen LogP contribution in [0.3, 0.4) is 0 Å². The fourth-order valence-corrected chi connectivity index (χ4v) is 6.89. The molecule has 0 radical (unpaired) electrons. The number of halogens is 3. The molecular formula is C30H22F3NO3. The molecule has 0 spiro atoms. The molecule has 2 amide bonds. The molecule has 1 aliphatic heterocycles. The summed E-state index contributed by atoms with van der Waals surface area (Å²) in [5, 5.41) is 0. The quantitative estimate of drug-likeness (QED) is 0.412. The van der Waals surface area contributed by atoms with Crippen molar-refractivity contribution < 1.29 is 27.6 Å². The number of carbonyl (C=O) groups is 3. The Hall–Kier alpha value is -4.00. The molecule has 0 unspecified atom stereocenters. The first kappa shape index (κ1) is 23.4. The lowest BCUT2D eigenvalue weighted by molar-refractivity contribution is -0.137. The molecule has 0 N–H and O–H groups in total. The Morgan fingerprint density at radius 2 is 1.14 bits per heavy atom. The van der Waals surface area contributed by atoms with E-state index in [0.29, 0.717) is 11.1 Å². The van der Waals surface area contributed by atoms with Gasteiger partial charge in [0.1, 0.15) is 0 Å². The zero-order valence-electron chi connectivity index (χ0n) is 20.0. The van der Waals surface area contributed by atoms with E-state index in [1.165, 1.54) is 12.1 Å². The number of hydrogen-bond donors (Lipinski definition) is 0. The largest absolute Gasteiger partial charge is 0.416 e. The zero-order chi connectivity index (χ0) is 26.3. The van der Waals surface area contributed by atoms with Crippen LogP contribution >= 0.6 is 0 Å². The minimum Gasteiger partial charge on any atom is -0.298 e. The van der Waals surface area contributed by atoms with E-state index >= 15 is 0 Å². The lowest BCUT2D eigenvalue weighted by atomic mass is 9.63. The number of benzene rings is 3. The van der Waals surface area contributed by atoms with Gasteiger partial charge in [-0.25, -0.2) is 4.90 Å². The predicted molar refractivity (Wildman–Crippen MR) is 132 cm³/mol. The highest BCUT2D eigenvalue weighted by Crippen LogP contribution is 2.73. The maximum atomic E-state index is 14.2. The summed E-state index contributed by atoms with van der Waals surface area (Å²) in [5.41, 5.74) is -0.799. The van der Waals surface area contributed by atoms with Crippen molar-refractivity contribution in [2.24, 2.45) is 22.7 Å². The summed E-state index contributed by atoms with van der Waals surface area (Å²) in [6.45, 7) is 3.41. The second kappa shape index (κ2) is 7.51. The second-order valence-electron chi connectivity index (χ2n) is 10.2. The molecule has 6 rings (SSSR count). The van der Waals surface area contributed by atoms with Crippen LogP contribution in [0, 0.1) is 22.7 Å². The minimum atomic E-state index is -4.63. The number of anilines is 1. The van der Waals surface area contributed by atoms with Gasteiger partial charge in [-0.05, 0) is 54.3 Å². The van der Waals surface area contributed by atoms with E-state index in [-0.39, 0.29) is 11.5 Å². The Labute approximate surface area is 211 Å². The standard InChI is InChI=1S/C30H22F3NO3/c1-28-21(17-10-5-3-6-11-17)22(18-12-7-4-8-13-18)29(2,27(28)37)24-23(28)25(35)34(26(24)36)20-15-9-14-19(16-20)30(31,32)33/h3-16,23-24H,1-2H3/t23-,24-,28-,29-/m0/s1. The van der Waals surface area contributed by atoms with Crippen molar-refractivity contribution in [2.45, 2.75) is 20.0 Å². The SMILES string of the molecule is C[C@]12C(=O)[C@@](C)(C(c3ccccc3)=C1c1ccccc1)[C@@H]1C(=O)N(c3cccc(C(F)(F)F)c3)C(=O)[C@H]12. The Morgan fingerprint density at radius 1 is 0.676 bits per heavy atom. The van der Waals surface area contributed by atoms with E-state index < -0.39 is 46.2 Å². The summed E-state index contributed by atoms with van der Waals surface area (Å²) in [6.07, 6.45) is -4.63. The molecule has 186 valence electrons. The topological polar surface area (TPSA) is 54.5 Å². The highest BCUT2D eigenvalue weighted by Gasteiger charge is 2.78. The van der Waals surface area contributed by atoms with Crippen molar-refractivity contribution in [3.63, 3.8) is 0 Å². The molecule has 1 saturated carbocycles. The van der Waals surface area contributed by atoms with Gasteiger partial charge in [-0.15, -0.1) is 0 Å². The van der Waals surface area contributed by atoms with Crippen LogP contribution in [-0.4, -0.2) is 17.6 Å². The second-order valence-corrected chi connectivity index (χ2v) is 10.2. The highest BCUT2D eigenvalue weighted by molar-refractivity contribution is 6.34. The molecule has 7 heteroatoms. The molecular weight excluding hydrogens is 479 g/mol. The normalized spacial score (nSPS) is 28.9. The van der Waals surface area contributed by atoms with Crippen molar-refractivity contribution in [2.75, 3.05) is 4.90 Å². The van der Waals surface area contributed by atoms with Crippen LogP contribution in [-0.2, 0) is 20.6 Å². The van der Waals surface area contributed by atoms with Crippen LogP contribution in [0.4, 0.5) is 18.9 Å². The van der Waals surface area contributed by atoms with Crippen molar-refractivity contribution >= 4 is 34.4 Å². The van der Waals surface area contributed by atoms with Crippen LogP contribution in [0.1, 0.15) is 30.5 Å². The van der Waals surface area contributed by atoms with E-state index in [0.717, 1.165) is 28.2 Å². The summed E-state index contributed by atoms with van der Waals surface area (Å²) in [5.74, 6) is -3.54. The summed E-state index contributed by atoms with van der Waals surface area (Å²) in [7, 11) is 0. The summed E-state index contributed by atoms with van der Waals surface area (Å²) < 4.78 is 40.3. The number of allylic oxidation sites excluding steroid dienone is 2. The first-order valence-electron chi connectivity index (χ1n) is 12.0. The van der Waals surface area contributed by atoms with Crippen molar-refractivity contribution in [1.29, 1.82) is 0 Å². The Kier molecular flexibility index (Phi) is 4.75. The van der Waals surface area contributed by atoms with Crippen LogP contribution in [0.5, 0.6) is 0 Å². The first-order valence-corrected chi connectivity index (χ1v) is 12.0. The molecule has 2 bridgehead atoms. The summed E-state index contributed by atoms with van der Waals surface area (Å²) in [4.78, 5) is 42.9. The van der Waals surface area contributed by atoms with E-state index in [4.69, 9.17) is 0 Å². The highest BCUT2D eigenvalue weighted by atomic mass is 19.4. The number of fused-ring (bicyclic) bond motifs is 5. The van der Waals surface area contributed by atoms with Gasteiger partial charge in [0.2, 0.25) is 11.8 Å². The number of ketones is 1. The third kappa shape index (κ3) is 2.88. The maximum absolute atomic E-state index is 14.2. The van der Waals surface area contributed by atoms with Crippen LogP contribution in [0.15, 0.2) is 84.9 Å². The van der Waals surface area contributed by atoms with Gasteiger partial charge >= 0.3 is 6.18 Å². The monoisotopic (exact) mass is 501 g/mol. The molecule has 2 fully saturated rings. The Balaban J connectivity index is 1.58. The molecule has 3 aromatic carbocycles. The van der Waals surface area contributed by atoms with Gasteiger partial charge in [0.15, 0.2) is 5.78 Å². The lowest BCUT2D eigenvalue weighted by Gasteiger charge is -2.35. The molecule has 37 heavy (non-hydrogen) atoms. The van der Waals surface area contributed by atoms with Gasteiger partial charge in [-0.3, -0.25) is 14.4 Å². The Bertz CT molecular complexity index is 1430. The van der Waals surface area contributed by atoms with E-state index in [2.05, 4.69) is 0 Å². The number of nitrogens with zero attached hydrogens (tertiary/aromatic N) is 1. The number of Topliss-reactive ketones (excluding diaryl/α,β-unsaturated/α-hetero) is 1. The molecule has 4 atom stereocenters. The van der Waals surface area contributed by atoms with Crippen molar-refractivity contribution in [3.05, 3.63) is 102 Å². The maximum Gasteiger partial charge on any atom is 0.416 e. The molecule has 3 aromatic rings. The fraction of sp³-hybridized carbons (Fsp3) is 0.233. The minimum absolute atomic E-state index is 0.138. The zero-order valence-corrected chi connectivity index (χ0v) is 20.0. The summed E-state index contributed by atoms with van der Waals surface area (Å²) in [6, 6.07) is 22.8. The van der Waals surface area contributed by atoms with Crippen LogP contribution in [0.2, 0.25) is 0 Å². The smallest absolute Gasteiger partial charge is 0.298 e. The van der Waals surface area contributed by atoms with Gasteiger partial charge in [-0.1, -0.05) is 66.7 Å². The number of hydrogen-bond acceptors (Lipinski definition) is 3. The van der Waals surface area contributed by atoms with Crippen molar-refractivity contribution in [1.82, 2.24) is 0 Å². The fourth-order valence-electron chi connectivity index (χ4n) is 6.89. The number of imide groups is 1.